The minimum absolute atomic E-state index is 0.0481. The monoisotopic (exact) mass is 369 g/mol. The van der Waals surface area contributed by atoms with Crippen molar-refractivity contribution in [1.82, 2.24) is 5.32 Å². The molecule has 0 aliphatic heterocycles. The number of benzene rings is 2. The van der Waals surface area contributed by atoms with Crippen molar-refractivity contribution in [2.24, 2.45) is 0 Å². The SMILES string of the molecule is CC(=O)c1ccc(OCC(=O)O[C@H](C)C(=O)NCCc2ccccc2)cc1. The first-order valence-corrected chi connectivity index (χ1v) is 8.70. The third kappa shape index (κ3) is 6.93. The van der Waals surface area contributed by atoms with E-state index in [9.17, 15) is 14.4 Å². The molecule has 1 atom stereocenters. The van der Waals surface area contributed by atoms with E-state index >= 15 is 0 Å². The van der Waals surface area contributed by atoms with Gasteiger partial charge in [-0.05, 0) is 50.1 Å². The molecule has 2 aromatic carbocycles. The molecule has 2 aromatic rings. The highest BCUT2D eigenvalue weighted by atomic mass is 16.6. The van der Waals surface area contributed by atoms with Gasteiger partial charge in [-0.1, -0.05) is 30.3 Å². The highest BCUT2D eigenvalue weighted by Gasteiger charge is 2.17. The number of carbonyl (C=O) groups is 3. The van der Waals surface area contributed by atoms with Crippen molar-refractivity contribution in [3.8, 4) is 5.75 Å². The van der Waals surface area contributed by atoms with Crippen molar-refractivity contribution in [2.75, 3.05) is 13.2 Å². The van der Waals surface area contributed by atoms with Crippen LogP contribution in [0.1, 0.15) is 29.8 Å². The fraction of sp³-hybridized carbons (Fsp3) is 0.286. The fourth-order valence-corrected chi connectivity index (χ4v) is 2.33. The molecule has 6 heteroatoms. The van der Waals surface area contributed by atoms with E-state index in [2.05, 4.69) is 5.32 Å². The van der Waals surface area contributed by atoms with Crippen LogP contribution in [0.4, 0.5) is 0 Å². The number of hydrogen-bond donors (Lipinski definition) is 1. The first-order chi connectivity index (χ1) is 13.0. The van der Waals surface area contributed by atoms with Crippen LogP contribution in [0.5, 0.6) is 5.75 Å². The lowest BCUT2D eigenvalue weighted by atomic mass is 10.1. The minimum Gasteiger partial charge on any atom is -0.482 e. The van der Waals surface area contributed by atoms with Gasteiger partial charge in [-0.15, -0.1) is 0 Å². The molecule has 142 valence electrons. The van der Waals surface area contributed by atoms with Gasteiger partial charge in [0.25, 0.3) is 5.91 Å². The van der Waals surface area contributed by atoms with Crippen molar-refractivity contribution in [3.05, 3.63) is 65.7 Å². The molecule has 0 bridgehead atoms. The van der Waals surface area contributed by atoms with Crippen molar-refractivity contribution < 1.29 is 23.9 Å². The Bertz CT molecular complexity index is 771. The van der Waals surface area contributed by atoms with Gasteiger partial charge in [-0.2, -0.15) is 0 Å². The average molecular weight is 369 g/mol. The second-order valence-corrected chi connectivity index (χ2v) is 6.03. The molecule has 0 fully saturated rings. The summed E-state index contributed by atoms with van der Waals surface area (Å²) in [6.07, 6.45) is -0.205. The Morgan fingerprint density at radius 2 is 1.67 bits per heavy atom. The van der Waals surface area contributed by atoms with Gasteiger partial charge < -0.3 is 14.8 Å². The zero-order valence-electron chi connectivity index (χ0n) is 15.4. The molecule has 0 radical (unpaired) electrons. The van der Waals surface area contributed by atoms with Crippen LogP contribution >= 0.6 is 0 Å². The maximum Gasteiger partial charge on any atom is 0.344 e. The topological polar surface area (TPSA) is 81.7 Å². The van der Waals surface area contributed by atoms with Crippen molar-refractivity contribution in [1.29, 1.82) is 0 Å². The number of hydrogen-bond acceptors (Lipinski definition) is 5. The van der Waals surface area contributed by atoms with Crippen LogP contribution < -0.4 is 10.1 Å². The first kappa shape index (κ1) is 20.2. The summed E-state index contributed by atoms with van der Waals surface area (Å²) in [5.41, 5.74) is 1.68. The quantitative estimate of drug-likeness (QED) is 0.543. The van der Waals surface area contributed by atoms with Crippen LogP contribution in [-0.2, 0) is 20.7 Å². The van der Waals surface area contributed by atoms with Crippen molar-refractivity contribution >= 4 is 17.7 Å². The zero-order valence-corrected chi connectivity index (χ0v) is 15.4. The molecule has 2 rings (SSSR count). The van der Waals surface area contributed by atoms with E-state index in [1.807, 2.05) is 30.3 Å². The lowest BCUT2D eigenvalue weighted by Crippen LogP contribution is -2.37. The van der Waals surface area contributed by atoms with Crippen LogP contribution in [0.2, 0.25) is 0 Å². The molecule has 0 heterocycles. The highest BCUT2D eigenvalue weighted by molar-refractivity contribution is 5.94. The zero-order chi connectivity index (χ0) is 19.6. The fourth-order valence-electron chi connectivity index (χ4n) is 2.33. The number of carbonyl (C=O) groups excluding carboxylic acids is 3. The summed E-state index contributed by atoms with van der Waals surface area (Å²) in [5, 5.41) is 2.74. The van der Waals surface area contributed by atoms with E-state index in [0.717, 1.165) is 5.56 Å². The maximum atomic E-state index is 12.0. The molecule has 6 nitrogen and oxygen atoms in total. The Balaban J connectivity index is 1.69. The van der Waals surface area contributed by atoms with Gasteiger partial charge in [0.2, 0.25) is 0 Å². The summed E-state index contributed by atoms with van der Waals surface area (Å²) in [7, 11) is 0. The van der Waals surface area contributed by atoms with Crippen LogP contribution in [0.15, 0.2) is 54.6 Å². The van der Waals surface area contributed by atoms with Crippen LogP contribution in [-0.4, -0.2) is 36.9 Å². The largest absolute Gasteiger partial charge is 0.482 e. The van der Waals surface area contributed by atoms with E-state index in [0.29, 0.717) is 24.3 Å². The minimum atomic E-state index is -0.906. The van der Waals surface area contributed by atoms with Crippen molar-refractivity contribution in [2.45, 2.75) is 26.4 Å². The average Bonchev–Trinajstić information content (AvgIpc) is 2.67. The van der Waals surface area contributed by atoms with Gasteiger partial charge in [-0.3, -0.25) is 9.59 Å². The third-order valence-electron chi connectivity index (χ3n) is 3.85. The summed E-state index contributed by atoms with van der Waals surface area (Å²) in [6, 6.07) is 16.2. The predicted molar refractivity (Wildman–Crippen MR) is 101 cm³/mol. The first-order valence-electron chi connectivity index (χ1n) is 8.70. The molecule has 0 aliphatic carbocycles. The molecule has 0 aromatic heterocycles. The highest BCUT2D eigenvalue weighted by Crippen LogP contribution is 2.12. The molecular formula is C21H23NO5. The molecule has 0 spiro atoms. The molecule has 0 saturated heterocycles. The number of esters is 1. The van der Waals surface area contributed by atoms with Crippen LogP contribution in [0.3, 0.4) is 0 Å². The Morgan fingerprint density at radius 1 is 1.00 bits per heavy atom. The maximum absolute atomic E-state index is 12.0. The summed E-state index contributed by atoms with van der Waals surface area (Å²) in [5.74, 6) is -0.605. The molecule has 0 aliphatic rings. The Kier molecular flexibility index (Phi) is 7.55. The molecule has 1 amide bonds. The van der Waals surface area contributed by atoms with Crippen LogP contribution in [0.25, 0.3) is 0 Å². The number of Topliss-reactive ketones (excluding diaryl/α,β-unsaturated/α-hetero) is 1. The normalized spacial score (nSPS) is 11.3. The Hall–Kier alpha value is -3.15. The van der Waals surface area contributed by atoms with Gasteiger partial charge >= 0.3 is 5.97 Å². The number of nitrogens with one attached hydrogen (secondary N) is 1. The summed E-state index contributed by atoms with van der Waals surface area (Å²) in [4.78, 5) is 35.0. The van der Waals surface area contributed by atoms with E-state index in [4.69, 9.17) is 9.47 Å². The van der Waals surface area contributed by atoms with Gasteiger partial charge in [0, 0.05) is 12.1 Å². The second-order valence-electron chi connectivity index (χ2n) is 6.03. The van der Waals surface area contributed by atoms with Crippen LogP contribution in [0, 0.1) is 0 Å². The van der Waals surface area contributed by atoms with Gasteiger partial charge in [0.05, 0.1) is 0 Å². The molecule has 1 N–H and O–H groups in total. The second kappa shape index (κ2) is 10.1. The van der Waals surface area contributed by atoms with E-state index in [1.165, 1.54) is 13.8 Å². The standard InChI is InChI=1S/C21H23NO5/c1-15(23)18-8-10-19(11-9-18)26-14-20(24)27-16(2)21(25)22-13-12-17-6-4-3-5-7-17/h3-11,16H,12-14H2,1-2H3,(H,22,25)/t16-/m1/s1. The Labute approximate surface area is 158 Å². The molecular weight excluding hydrogens is 346 g/mol. The van der Waals surface area contributed by atoms with E-state index < -0.39 is 12.1 Å². The third-order valence-corrected chi connectivity index (χ3v) is 3.85. The van der Waals surface area contributed by atoms with Gasteiger partial charge in [0.1, 0.15) is 5.75 Å². The smallest absolute Gasteiger partial charge is 0.344 e. The van der Waals surface area contributed by atoms with Gasteiger partial charge in [0.15, 0.2) is 18.5 Å². The molecule has 0 saturated carbocycles. The summed E-state index contributed by atoms with van der Waals surface area (Å²) >= 11 is 0. The summed E-state index contributed by atoms with van der Waals surface area (Å²) in [6.45, 7) is 3.13. The summed E-state index contributed by atoms with van der Waals surface area (Å²) < 4.78 is 10.4. The number of rotatable bonds is 9. The van der Waals surface area contributed by atoms with Crippen molar-refractivity contribution in [3.63, 3.8) is 0 Å². The molecule has 27 heavy (non-hydrogen) atoms. The number of amides is 1. The van der Waals surface area contributed by atoms with E-state index in [-0.39, 0.29) is 18.3 Å². The predicted octanol–water partition coefficient (Wildman–Crippen LogP) is 2.56. The molecule has 0 unspecified atom stereocenters. The lowest BCUT2D eigenvalue weighted by molar-refractivity contribution is -0.156. The number of ketones is 1. The Morgan fingerprint density at radius 3 is 2.30 bits per heavy atom. The number of ether oxygens (including phenoxy) is 2. The lowest BCUT2D eigenvalue weighted by Gasteiger charge is -2.14. The van der Waals surface area contributed by atoms with Gasteiger partial charge in [-0.25, -0.2) is 4.79 Å². The van der Waals surface area contributed by atoms with E-state index in [1.54, 1.807) is 24.3 Å².